The van der Waals surface area contributed by atoms with Crippen LogP contribution in [0.3, 0.4) is 0 Å². The topological polar surface area (TPSA) is 64.1 Å². The number of hydrogen-bond acceptors (Lipinski definition) is 4. The van der Waals surface area contributed by atoms with Gasteiger partial charge >= 0.3 is 0 Å². The molecule has 4 nitrogen and oxygen atoms in total. The average Bonchev–Trinajstić information content (AvgIpc) is 2.65. The van der Waals surface area contributed by atoms with Crippen LogP contribution in [0.25, 0.3) is 0 Å². The van der Waals surface area contributed by atoms with Crippen molar-refractivity contribution < 1.29 is 4.52 Å². The quantitative estimate of drug-likeness (QED) is 0.816. The standard InChI is InChI=1S/C12H21N3O/c1-10-7-11(16-15-10)8-14-9-12(13)5-3-2-4-6-12/h7,14H,2-6,8-9,13H2,1H3. The molecule has 0 atom stereocenters. The Hall–Kier alpha value is -0.870. The SMILES string of the molecule is Cc1cc(CNCC2(N)CCCCC2)on1. The first-order chi connectivity index (χ1) is 7.68. The Morgan fingerprint density at radius 2 is 2.19 bits per heavy atom. The highest BCUT2D eigenvalue weighted by atomic mass is 16.5. The molecule has 2 rings (SSSR count). The molecule has 1 saturated carbocycles. The lowest BCUT2D eigenvalue weighted by molar-refractivity contribution is 0.277. The number of rotatable bonds is 4. The van der Waals surface area contributed by atoms with Crippen LogP contribution >= 0.6 is 0 Å². The first kappa shape index (κ1) is 11.6. The molecule has 1 aromatic rings. The van der Waals surface area contributed by atoms with Crippen molar-refractivity contribution in [2.45, 2.75) is 51.1 Å². The van der Waals surface area contributed by atoms with Crippen LogP contribution in [0.15, 0.2) is 10.6 Å². The van der Waals surface area contributed by atoms with Crippen molar-refractivity contribution in [3.63, 3.8) is 0 Å². The van der Waals surface area contributed by atoms with Gasteiger partial charge in [-0.1, -0.05) is 24.4 Å². The average molecular weight is 223 g/mol. The van der Waals surface area contributed by atoms with E-state index in [4.69, 9.17) is 10.3 Å². The van der Waals surface area contributed by atoms with Crippen LogP contribution in [-0.4, -0.2) is 17.2 Å². The molecule has 0 bridgehead atoms. The van der Waals surface area contributed by atoms with Crippen molar-refractivity contribution in [2.75, 3.05) is 6.54 Å². The Bertz CT molecular complexity index is 329. The van der Waals surface area contributed by atoms with E-state index in [1.54, 1.807) is 0 Å². The lowest BCUT2D eigenvalue weighted by Gasteiger charge is -2.33. The first-order valence-corrected chi connectivity index (χ1v) is 6.10. The molecule has 1 aliphatic carbocycles. The first-order valence-electron chi connectivity index (χ1n) is 6.10. The van der Waals surface area contributed by atoms with Gasteiger partial charge in [0.1, 0.15) is 0 Å². The summed E-state index contributed by atoms with van der Waals surface area (Å²) in [5, 5.41) is 7.22. The zero-order valence-corrected chi connectivity index (χ0v) is 9.96. The highest BCUT2D eigenvalue weighted by molar-refractivity contribution is 5.03. The summed E-state index contributed by atoms with van der Waals surface area (Å²) in [7, 11) is 0. The van der Waals surface area contributed by atoms with Crippen LogP contribution in [0.1, 0.15) is 43.6 Å². The van der Waals surface area contributed by atoms with E-state index in [2.05, 4.69) is 10.5 Å². The molecule has 1 aromatic heterocycles. The van der Waals surface area contributed by atoms with Crippen LogP contribution in [-0.2, 0) is 6.54 Å². The van der Waals surface area contributed by atoms with Crippen LogP contribution in [0.4, 0.5) is 0 Å². The minimum Gasteiger partial charge on any atom is -0.360 e. The van der Waals surface area contributed by atoms with E-state index in [0.29, 0.717) is 0 Å². The third-order valence-corrected chi connectivity index (χ3v) is 3.30. The van der Waals surface area contributed by atoms with Gasteiger partial charge in [-0.05, 0) is 19.8 Å². The fraction of sp³-hybridized carbons (Fsp3) is 0.750. The van der Waals surface area contributed by atoms with Gasteiger partial charge in [-0.2, -0.15) is 0 Å². The Labute approximate surface area is 96.6 Å². The molecule has 0 unspecified atom stereocenters. The molecule has 0 aliphatic heterocycles. The second-order valence-electron chi connectivity index (χ2n) is 4.96. The van der Waals surface area contributed by atoms with Crippen LogP contribution in [0.5, 0.6) is 0 Å². The maximum absolute atomic E-state index is 6.32. The molecule has 3 N–H and O–H groups in total. The van der Waals surface area contributed by atoms with E-state index in [9.17, 15) is 0 Å². The molecule has 0 aromatic carbocycles. The van der Waals surface area contributed by atoms with E-state index in [0.717, 1.165) is 37.4 Å². The van der Waals surface area contributed by atoms with E-state index < -0.39 is 0 Å². The summed E-state index contributed by atoms with van der Waals surface area (Å²) in [6.45, 7) is 3.52. The molecule has 4 heteroatoms. The monoisotopic (exact) mass is 223 g/mol. The third-order valence-electron chi connectivity index (χ3n) is 3.30. The smallest absolute Gasteiger partial charge is 0.150 e. The van der Waals surface area contributed by atoms with Gasteiger partial charge < -0.3 is 15.6 Å². The van der Waals surface area contributed by atoms with Gasteiger partial charge in [-0.25, -0.2) is 0 Å². The van der Waals surface area contributed by atoms with Crippen molar-refractivity contribution in [1.82, 2.24) is 10.5 Å². The fourth-order valence-electron chi connectivity index (χ4n) is 2.37. The molecule has 0 radical (unpaired) electrons. The lowest BCUT2D eigenvalue weighted by Crippen LogP contribution is -2.49. The van der Waals surface area contributed by atoms with E-state index in [1.165, 1.54) is 19.3 Å². The molecule has 0 saturated heterocycles. The molecular weight excluding hydrogens is 202 g/mol. The lowest BCUT2D eigenvalue weighted by atomic mass is 9.82. The third kappa shape index (κ3) is 3.06. The molecule has 1 heterocycles. The molecule has 1 fully saturated rings. The summed E-state index contributed by atoms with van der Waals surface area (Å²) in [6, 6.07) is 1.96. The number of aryl methyl sites for hydroxylation is 1. The summed E-state index contributed by atoms with van der Waals surface area (Å²) in [6.07, 6.45) is 6.13. The molecule has 1 aliphatic rings. The molecule has 0 amide bonds. The summed E-state index contributed by atoms with van der Waals surface area (Å²) in [5.74, 6) is 0.886. The van der Waals surface area contributed by atoms with E-state index >= 15 is 0 Å². The summed E-state index contributed by atoms with van der Waals surface area (Å²) in [5.41, 5.74) is 7.24. The van der Waals surface area contributed by atoms with Gasteiger partial charge in [0.05, 0.1) is 12.2 Å². The largest absolute Gasteiger partial charge is 0.360 e. The predicted octanol–water partition coefficient (Wildman–Crippen LogP) is 1.73. The van der Waals surface area contributed by atoms with Crippen molar-refractivity contribution in [2.24, 2.45) is 5.73 Å². The van der Waals surface area contributed by atoms with Crippen LogP contribution < -0.4 is 11.1 Å². The minimum absolute atomic E-state index is 0.00663. The van der Waals surface area contributed by atoms with Crippen molar-refractivity contribution >= 4 is 0 Å². The zero-order valence-electron chi connectivity index (χ0n) is 9.96. The second-order valence-corrected chi connectivity index (χ2v) is 4.96. The number of nitrogens with one attached hydrogen (secondary N) is 1. The fourth-order valence-corrected chi connectivity index (χ4v) is 2.37. The second kappa shape index (κ2) is 4.97. The molecule has 16 heavy (non-hydrogen) atoms. The van der Waals surface area contributed by atoms with Gasteiger partial charge in [0.2, 0.25) is 0 Å². The van der Waals surface area contributed by atoms with Gasteiger partial charge in [-0.3, -0.25) is 0 Å². The highest BCUT2D eigenvalue weighted by Crippen LogP contribution is 2.25. The Kier molecular flexibility index (Phi) is 3.61. The summed E-state index contributed by atoms with van der Waals surface area (Å²) >= 11 is 0. The normalized spacial score (nSPS) is 19.9. The maximum atomic E-state index is 6.32. The summed E-state index contributed by atoms with van der Waals surface area (Å²) < 4.78 is 5.13. The minimum atomic E-state index is -0.00663. The van der Waals surface area contributed by atoms with E-state index in [1.807, 2.05) is 13.0 Å². The molecular formula is C12H21N3O. The Balaban J connectivity index is 1.74. The predicted molar refractivity (Wildman–Crippen MR) is 63.0 cm³/mol. The summed E-state index contributed by atoms with van der Waals surface area (Å²) in [4.78, 5) is 0. The van der Waals surface area contributed by atoms with Crippen molar-refractivity contribution in [3.8, 4) is 0 Å². The van der Waals surface area contributed by atoms with E-state index in [-0.39, 0.29) is 5.54 Å². The van der Waals surface area contributed by atoms with Crippen molar-refractivity contribution in [1.29, 1.82) is 0 Å². The number of aromatic nitrogens is 1. The van der Waals surface area contributed by atoms with Crippen LogP contribution in [0, 0.1) is 6.92 Å². The number of nitrogens with two attached hydrogens (primary N) is 1. The zero-order chi connectivity index (χ0) is 11.4. The maximum Gasteiger partial charge on any atom is 0.150 e. The van der Waals surface area contributed by atoms with Crippen LogP contribution in [0.2, 0.25) is 0 Å². The number of hydrogen-bond donors (Lipinski definition) is 2. The number of nitrogens with zero attached hydrogens (tertiary/aromatic N) is 1. The molecule has 90 valence electrons. The van der Waals surface area contributed by atoms with Crippen molar-refractivity contribution in [3.05, 3.63) is 17.5 Å². The van der Waals surface area contributed by atoms with Gasteiger partial charge in [-0.15, -0.1) is 0 Å². The van der Waals surface area contributed by atoms with Gasteiger partial charge in [0.25, 0.3) is 0 Å². The Morgan fingerprint density at radius 1 is 1.44 bits per heavy atom. The Morgan fingerprint density at radius 3 is 2.81 bits per heavy atom. The van der Waals surface area contributed by atoms with Gasteiger partial charge in [0.15, 0.2) is 5.76 Å². The molecule has 0 spiro atoms. The highest BCUT2D eigenvalue weighted by Gasteiger charge is 2.26. The van der Waals surface area contributed by atoms with Gasteiger partial charge in [0, 0.05) is 18.2 Å².